The molecule has 24 heavy (non-hydrogen) atoms. The van der Waals surface area contributed by atoms with Crippen molar-refractivity contribution in [3.63, 3.8) is 0 Å². The minimum absolute atomic E-state index is 0.0711. The fourth-order valence-corrected chi connectivity index (χ4v) is 3.61. The molecule has 1 aromatic carbocycles. The second kappa shape index (κ2) is 8.83. The van der Waals surface area contributed by atoms with Gasteiger partial charge in [-0.25, -0.2) is 9.59 Å². The van der Waals surface area contributed by atoms with Gasteiger partial charge in [-0.2, -0.15) is 0 Å². The van der Waals surface area contributed by atoms with Crippen LogP contribution in [0.15, 0.2) is 24.3 Å². The van der Waals surface area contributed by atoms with Crippen LogP contribution in [0.3, 0.4) is 0 Å². The lowest BCUT2D eigenvalue weighted by molar-refractivity contribution is -0.159. The number of benzene rings is 1. The molecule has 0 aromatic heterocycles. The lowest BCUT2D eigenvalue weighted by Crippen LogP contribution is -2.36. The van der Waals surface area contributed by atoms with Crippen LogP contribution in [-0.2, 0) is 14.3 Å². The van der Waals surface area contributed by atoms with Gasteiger partial charge in [-0.15, -0.1) is 0 Å². The molecule has 0 bridgehead atoms. The topological polar surface area (TPSA) is 52.6 Å². The molecule has 5 heteroatoms. The molecule has 0 heterocycles. The van der Waals surface area contributed by atoms with Crippen molar-refractivity contribution in [1.29, 1.82) is 0 Å². The number of carbonyl (C=O) groups excluding carboxylic acids is 2. The van der Waals surface area contributed by atoms with E-state index >= 15 is 0 Å². The molecule has 0 radical (unpaired) electrons. The summed E-state index contributed by atoms with van der Waals surface area (Å²) in [6, 6.07) is 7.03. The van der Waals surface area contributed by atoms with Gasteiger partial charge in [0.2, 0.25) is 0 Å². The molecule has 1 aromatic rings. The molecule has 1 aliphatic rings. The van der Waals surface area contributed by atoms with Crippen molar-refractivity contribution < 1.29 is 19.1 Å². The first-order chi connectivity index (χ1) is 11.4. The van der Waals surface area contributed by atoms with Crippen molar-refractivity contribution in [3.05, 3.63) is 33.4 Å². The molecule has 1 aliphatic carbocycles. The third-order valence-electron chi connectivity index (χ3n) is 4.65. The van der Waals surface area contributed by atoms with Gasteiger partial charge in [0.25, 0.3) is 0 Å². The number of hydrogen-bond acceptors (Lipinski definition) is 4. The summed E-state index contributed by atoms with van der Waals surface area (Å²) in [7, 11) is 0. The second-order valence-corrected chi connectivity index (χ2v) is 8.18. The van der Waals surface area contributed by atoms with Gasteiger partial charge in [0.05, 0.1) is 5.56 Å². The summed E-state index contributed by atoms with van der Waals surface area (Å²) in [4.78, 5) is 24.0. The van der Waals surface area contributed by atoms with Crippen molar-refractivity contribution in [1.82, 2.24) is 0 Å². The fraction of sp³-hybridized carbons (Fsp3) is 0.579. The SMILES string of the molecule is CC(C)[C@@H]1CC[C@@H](C)C[C@H]1OC(=O)COC(=O)c1ccc(I)cc1. The second-order valence-electron chi connectivity index (χ2n) is 6.94. The van der Waals surface area contributed by atoms with Crippen LogP contribution >= 0.6 is 22.6 Å². The molecule has 1 saturated carbocycles. The average Bonchev–Trinajstić information content (AvgIpc) is 2.53. The van der Waals surface area contributed by atoms with E-state index in [4.69, 9.17) is 9.47 Å². The Hall–Kier alpha value is -1.11. The van der Waals surface area contributed by atoms with Gasteiger partial charge >= 0.3 is 11.9 Å². The van der Waals surface area contributed by atoms with E-state index in [1.165, 1.54) is 6.42 Å². The van der Waals surface area contributed by atoms with E-state index in [1.54, 1.807) is 12.1 Å². The maximum Gasteiger partial charge on any atom is 0.344 e. The zero-order valence-corrected chi connectivity index (χ0v) is 16.6. The van der Waals surface area contributed by atoms with E-state index in [2.05, 4.69) is 43.4 Å². The molecule has 2 rings (SSSR count). The van der Waals surface area contributed by atoms with Crippen LogP contribution in [0.4, 0.5) is 0 Å². The smallest absolute Gasteiger partial charge is 0.344 e. The number of ether oxygens (including phenoxy) is 2. The Morgan fingerprint density at radius 3 is 2.50 bits per heavy atom. The van der Waals surface area contributed by atoms with Gasteiger partial charge in [-0.05, 0) is 77.5 Å². The Kier molecular flexibility index (Phi) is 7.07. The molecule has 0 N–H and O–H groups in total. The van der Waals surface area contributed by atoms with Gasteiger partial charge in [0, 0.05) is 3.57 Å². The maximum atomic E-state index is 12.1. The summed E-state index contributed by atoms with van der Waals surface area (Å²) >= 11 is 2.16. The number of esters is 2. The van der Waals surface area contributed by atoms with Crippen LogP contribution in [0.5, 0.6) is 0 Å². The van der Waals surface area contributed by atoms with Gasteiger partial charge in [0.1, 0.15) is 6.10 Å². The van der Waals surface area contributed by atoms with Crippen LogP contribution in [0.1, 0.15) is 50.4 Å². The van der Waals surface area contributed by atoms with E-state index in [1.807, 2.05) is 12.1 Å². The Labute approximate surface area is 157 Å². The highest BCUT2D eigenvalue weighted by Crippen LogP contribution is 2.35. The Morgan fingerprint density at radius 2 is 1.88 bits per heavy atom. The Balaban J connectivity index is 1.85. The summed E-state index contributed by atoms with van der Waals surface area (Å²) in [5, 5.41) is 0. The number of halogens is 1. The van der Waals surface area contributed by atoms with Crippen molar-refractivity contribution in [2.24, 2.45) is 17.8 Å². The number of hydrogen-bond donors (Lipinski definition) is 0. The van der Waals surface area contributed by atoms with Crippen molar-refractivity contribution in [3.8, 4) is 0 Å². The van der Waals surface area contributed by atoms with Crippen LogP contribution in [0.25, 0.3) is 0 Å². The van der Waals surface area contributed by atoms with Crippen molar-refractivity contribution in [2.75, 3.05) is 6.61 Å². The van der Waals surface area contributed by atoms with Crippen LogP contribution in [-0.4, -0.2) is 24.6 Å². The highest BCUT2D eigenvalue weighted by molar-refractivity contribution is 14.1. The third kappa shape index (κ3) is 5.46. The molecule has 4 nitrogen and oxygen atoms in total. The van der Waals surface area contributed by atoms with Gasteiger partial charge in [-0.3, -0.25) is 0 Å². The zero-order valence-electron chi connectivity index (χ0n) is 14.5. The first-order valence-electron chi connectivity index (χ1n) is 8.49. The first-order valence-corrected chi connectivity index (χ1v) is 9.57. The summed E-state index contributed by atoms with van der Waals surface area (Å²) in [6.45, 7) is 6.19. The van der Waals surface area contributed by atoms with Gasteiger partial charge in [-0.1, -0.05) is 27.2 Å². The molecular formula is C19H25IO4. The van der Waals surface area contributed by atoms with Crippen LogP contribution in [0.2, 0.25) is 0 Å². The highest BCUT2D eigenvalue weighted by Gasteiger charge is 2.33. The molecule has 0 unspecified atom stereocenters. The third-order valence-corrected chi connectivity index (χ3v) is 5.36. The summed E-state index contributed by atoms with van der Waals surface area (Å²) < 4.78 is 11.7. The van der Waals surface area contributed by atoms with Gasteiger partial charge in [0.15, 0.2) is 6.61 Å². The van der Waals surface area contributed by atoms with E-state index < -0.39 is 11.9 Å². The zero-order chi connectivity index (χ0) is 17.7. The van der Waals surface area contributed by atoms with Crippen molar-refractivity contribution in [2.45, 2.75) is 46.1 Å². The van der Waals surface area contributed by atoms with Crippen molar-refractivity contribution >= 4 is 34.5 Å². The Bertz CT molecular complexity index is 567. The molecule has 0 spiro atoms. The summed E-state index contributed by atoms with van der Waals surface area (Å²) in [5.41, 5.74) is 0.439. The minimum Gasteiger partial charge on any atom is -0.460 e. The predicted molar refractivity (Wildman–Crippen MR) is 101 cm³/mol. The summed E-state index contributed by atoms with van der Waals surface area (Å²) in [5.74, 6) is 0.466. The molecule has 0 aliphatic heterocycles. The first kappa shape index (κ1) is 19.2. The minimum atomic E-state index is -0.499. The number of rotatable bonds is 5. The quantitative estimate of drug-likeness (QED) is 0.498. The normalized spacial score (nSPS) is 23.8. The van der Waals surface area contributed by atoms with E-state index in [-0.39, 0.29) is 12.7 Å². The molecule has 132 valence electrons. The lowest BCUT2D eigenvalue weighted by atomic mass is 9.75. The predicted octanol–water partition coefficient (Wildman–Crippen LogP) is 4.45. The van der Waals surface area contributed by atoms with E-state index in [9.17, 15) is 9.59 Å². The fourth-order valence-electron chi connectivity index (χ4n) is 3.25. The number of carbonyl (C=O) groups is 2. The molecule has 0 amide bonds. The largest absolute Gasteiger partial charge is 0.460 e. The standard InChI is InChI=1S/C19H25IO4/c1-12(2)16-9-4-13(3)10-17(16)24-18(21)11-23-19(22)14-5-7-15(20)8-6-14/h5-8,12-13,16-17H,4,9-11H2,1-3H3/t13-,16+,17-/m1/s1. The summed E-state index contributed by atoms with van der Waals surface area (Å²) in [6.07, 6.45) is 3.08. The maximum absolute atomic E-state index is 12.1. The van der Waals surface area contributed by atoms with Crippen LogP contribution < -0.4 is 0 Å². The lowest BCUT2D eigenvalue weighted by Gasteiger charge is -2.36. The molecular weight excluding hydrogens is 419 g/mol. The average molecular weight is 444 g/mol. The Morgan fingerprint density at radius 1 is 1.21 bits per heavy atom. The molecule has 0 saturated heterocycles. The molecule has 3 atom stereocenters. The van der Waals surface area contributed by atoms with Gasteiger partial charge < -0.3 is 9.47 Å². The highest BCUT2D eigenvalue weighted by atomic mass is 127. The van der Waals surface area contributed by atoms with E-state index in [0.29, 0.717) is 23.3 Å². The molecule has 1 fully saturated rings. The van der Waals surface area contributed by atoms with Crippen LogP contribution in [0, 0.1) is 21.3 Å². The monoisotopic (exact) mass is 444 g/mol. The van der Waals surface area contributed by atoms with E-state index in [0.717, 1.165) is 16.4 Å².